The second kappa shape index (κ2) is 9.81. The van der Waals surface area contributed by atoms with Crippen LogP contribution in [0.1, 0.15) is 84.1 Å². The summed E-state index contributed by atoms with van der Waals surface area (Å²) in [5.41, 5.74) is 1.65. The van der Waals surface area contributed by atoms with E-state index in [2.05, 4.69) is 37.9 Å². The van der Waals surface area contributed by atoms with Crippen molar-refractivity contribution >= 4 is 0 Å². The van der Waals surface area contributed by atoms with Gasteiger partial charge in [0, 0.05) is 12.3 Å². The van der Waals surface area contributed by atoms with Crippen LogP contribution in [0.4, 0.5) is 0 Å². The van der Waals surface area contributed by atoms with Gasteiger partial charge < -0.3 is 4.74 Å². The molecular formula is C19H33NO. The molecule has 0 spiro atoms. The lowest BCUT2D eigenvalue weighted by atomic mass is 9.74. The summed E-state index contributed by atoms with van der Waals surface area (Å²) in [6, 6.07) is 4.31. The Balaban J connectivity index is 2.77. The minimum Gasteiger partial charge on any atom is -0.481 e. The van der Waals surface area contributed by atoms with Crippen LogP contribution in [0.15, 0.2) is 18.3 Å². The maximum absolute atomic E-state index is 5.31. The van der Waals surface area contributed by atoms with Crippen molar-refractivity contribution in [1.82, 2.24) is 4.98 Å². The van der Waals surface area contributed by atoms with Gasteiger partial charge in [0.1, 0.15) is 0 Å². The summed E-state index contributed by atoms with van der Waals surface area (Å²) in [6.07, 6.45) is 13.7. The molecule has 2 heteroatoms. The largest absolute Gasteiger partial charge is 0.481 e. The van der Waals surface area contributed by atoms with Gasteiger partial charge in [-0.25, -0.2) is 4.98 Å². The molecule has 0 aliphatic carbocycles. The average Bonchev–Trinajstić information content (AvgIpc) is 2.52. The van der Waals surface area contributed by atoms with Gasteiger partial charge in [0.05, 0.1) is 7.11 Å². The van der Waals surface area contributed by atoms with Gasteiger partial charge in [0.2, 0.25) is 5.88 Å². The molecule has 0 radical (unpaired) electrons. The first-order valence-corrected chi connectivity index (χ1v) is 8.66. The van der Waals surface area contributed by atoms with Crippen LogP contribution in [0.25, 0.3) is 0 Å². The second-order valence-corrected chi connectivity index (χ2v) is 6.42. The zero-order chi connectivity index (χ0) is 15.6. The molecule has 0 N–H and O–H groups in total. The minimum atomic E-state index is 0.263. The SMILES string of the molecule is CCCCCCC(C)(CCCCC)c1ccnc(OC)c1. The van der Waals surface area contributed by atoms with Crippen molar-refractivity contribution in [1.29, 1.82) is 0 Å². The minimum absolute atomic E-state index is 0.263. The second-order valence-electron chi connectivity index (χ2n) is 6.42. The van der Waals surface area contributed by atoms with E-state index in [9.17, 15) is 0 Å². The Morgan fingerprint density at radius 1 is 1.00 bits per heavy atom. The maximum atomic E-state index is 5.31. The molecule has 0 amide bonds. The molecule has 0 aromatic carbocycles. The molecule has 21 heavy (non-hydrogen) atoms. The Morgan fingerprint density at radius 3 is 2.24 bits per heavy atom. The molecular weight excluding hydrogens is 258 g/mol. The van der Waals surface area contributed by atoms with Gasteiger partial charge in [-0.2, -0.15) is 0 Å². The van der Waals surface area contributed by atoms with Crippen molar-refractivity contribution in [3.63, 3.8) is 0 Å². The van der Waals surface area contributed by atoms with Gasteiger partial charge in [-0.15, -0.1) is 0 Å². The quantitative estimate of drug-likeness (QED) is 0.474. The normalized spacial score (nSPS) is 13.9. The molecule has 1 unspecified atom stereocenters. The summed E-state index contributed by atoms with van der Waals surface area (Å²) < 4.78 is 5.31. The van der Waals surface area contributed by atoms with E-state index in [-0.39, 0.29) is 5.41 Å². The summed E-state index contributed by atoms with van der Waals surface area (Å²) in [5.74, 6) is 0.739. The third-order valence-electron chi connectivity index (χ3n) is 4.56. The van der Waals surface area contributed by atoms with Crippen molar-refractivity contribution in [2.75, 3.05) is 7.11 Å². The average molecular weight is 291 g/mol. The third-order valence-corrected chi connectivity index (χ3v) is 4.56. The fourth-order valence-corrected chi connectivity index (χ4v) is 3.02. The first-order chi connectivity index (χ1) is 10.2. The Hall–Kier alpha value is -1.05. The number of pyridine rings is 1. The molecule has 0 aliphatic heterocycles. The smallest absolute Gasteiger partial charge is 0.213 e. The number of nitrogens with zero attached hydrogens (tertiary/aromatic N) is 1. The van der Waals surface area contributed by atoms with E-state index in [0.29, 0.717) is 0 Å². The molecule has 1 atom stereocenters. The molecule has 0 saturated carbocycles. The number of ether oxygens (including phenoxy) is 1. The highest BCUT2D eigenvalue weighted by molar-refractivity contribution is 5.28. The number of methoxy groups -OCH3 is 1. The van der Waals surface area contributed by atoms with Crippen LogP contribution in [-0.2, 0) is 5.41 Å². The number of hydrogen-bond acceptors (Lipinski definition) is 2. The first kappa shape index (κ1) is 18.0. The Morgan fingerprint density at radius 2 is 1.62 bits per heavy atom. The predicted molar refractivity (Wildman–Crippen MR) is 91.0 cm³/mol. The maximum Gasteiger partial charge on any atom is 0.213 e. The topological polar surface area (TPSA) is 22.1 Å². The number of rotatable bonds is 11. The van der Waals surface area contributed by atoms with Crippen LogP contribution in [0, 0.1) is 0 Å². The molecule has 1 rings (SSSR count). The highest BCUT2D eigenvalue weighted by Crippen LogP contribution is 2.36. The highest BCUT2D eigenvalue weighted by atomic mass is 16.5. The van der Waals surface area contributed by atoms with E-state index in [1.54, 1.807) is 7.11 Å². The van der Waals surface area contributed by atoms with Crippen molar-refractivity contribution in [2.24, 2.45) is 0 Å². The van der Waals surface area contributed by atoms with Crippen molar-refractivity contribution in [3.8, 4) is 5.88 Å². The van der Waals surface area contributed by atoms with Gasteiger partial charge in [0.25, 0.3) is 0 Å². The number of unbranched alkanes of at least 4 members (excludes halogenated alkanes) is 5. The fraction of sp³-hybridized carbons (Fsp3) is 0.737. The summed E-state index contributed by atoms with van der Waals surface area (Å²) >= 11 is 0. The van der Waals surface area contributed by atoms with Gasteiger partial charge in [0.15, 0.2) is 0 Å². The molecule has 0 bridgehead atoms. The summed E-state index contributed by atoms with van der Waals surface area (Å²) in [6.45, 7) is 6.96. The standard InChI is InChI=1S/C19H33NO/c1-5-7-9-11-14-19(3,13-10-8-6-2)17-12-15-20-18(16-17)21-4/h12,15-16H,5-11,13-14H2,1-4H3. The molecule has 0 saturated heterocycles. The first-order valence-electron chi connectivity index (χ1n) is 8.66. The number of hydrogen-bond donors (Lipinski definition) is 0. The molecule has 1 aromatic heterocycles. The summed E-state index contributed by atoms with van der Waals surface area (Å²) in [4.78, 5) is 4.26. The highest BCUT2D eigenvalue weighted by Gasteiger charge is 2.26. The molecule has 0 fully saturated rings. The van der Waals surface area contributed by atoms with E-state index in [1.165, 1.54) is 63.4 Å². The van der Waals surface area contributed by atoms with E-state index in [1.807, 2.05) is 6.20 Å². The zero-order valence-corrected chi connectivity index (χ0v) is 14.5. The van der Waals surface area contributed by atoms with Crippen molar-refractivity contribution < 1.29 is 4.74 Å². The van der Waals surface area contributed by atoms with E-state index in [0.717, 1.165) is 5.88 Å². The van der Waals surface area contributed by atoms with Crippen LogP contribution in [-0.4, -0.2) is 12.1 Å². The van der Waals surface area contributed by atoms with Crippen molar-refractivity contribution in [3.05, 3.63) is 23.9 Å². The monoisotopic (exact) mass is 291 g/mol. The van der Waals surface area contributed by atoms with Gasteiger partial charge in [-0.3, -0.25) is 0 Å². The van der Waals surface area contributed by atoms with Crippen LogP contribution in [0.3, 0.4) is 0 Å². The summed E-state index contributed by atoms with van der Waals surface area (Å²) in [5, 5.41) is 0. The van der Waals surface area contributed by atoms with Gasteiger partial charge >= 0.3 is 0 Å². The van der Waals surface area contributed by atoms with Crippen LogP contribution in [0.2, 0.25) is 0 Å². The lowest BCUT2D eigenvalue weighted by Crippen LogP contribution is -2.22. The fourth-order valence-electron chi connectivity index (χ4n) is 3.02. The molecule has 120 valence electrons. The Bertz CT molecular complexity index is 391. The van der Waals surface area contributed by atoms with E-state index in [4.69, 9.17) is 4.74 Å². The molecule has 1 aromatic rings. The van der Waals surface area contributed by atoms with E-state index >= 15 is 0 Å². The summed E-state index contributed by atoms with van der Waals surface area (Å²) in [7, 11) is 1.70. The predicted octanol–water partition coefficient (Wildman–Crippen LogP) is 5.90. The molecule has 2 nitrogen and oxygen atoms in total. The lowest BCUT2D eigenvalue weighted by Gasteiger charge is -2.31. The lowest BCUT2D eigenvalue weighted by molar-refractivity contribution is 0.358. The van der Waals surface area contributed by atoms with Crippen LogP contribution < -0.4 is 4.74 Å². The van der Waals surface area contributed by atoms with Crippen molar-refractivity contribution in [2.45, 2.75) is 84.0 Å². The Kier molecular flexibility index (Phi) is 8.41. The van der Waals surface area contributed by atoms with Crippen LogP contribution >= 0.6 is 0 Å². The van der Waals surface area contributed by atoms with E-state index < -0.39 is 0 Å². The molecule has 0 aliphatic rings. The third kappa shape index (κ3) is 6.07. The van der Waals surface area contributed by atoms with Crippen LogP contribution in [0.5, 0.6) is 5.88 Å². The molecule has 1 heterocycles. The van der Waals surface area contributed by atoms with Gasteiger partial charge in [-0.05, 0) is 29.9 Å². The Labute approximate surface area is 131 Å². The zero-order valence-electron chi connectivity index (χ0n) is 14.5. The van der Waals surface area contributed by atoms with Gasteiger partial charge in [-0.1, -0.05) is 65.7 Å². The number of aromatic nitrogens is 1.